The summed E-state index contributed by atoms with van der Waals surface area (Å²) in [5.74, 6) is -0.171. The molecular weight excluding hydrogens is 258 g/mol. The lowest BCUT2D eigenvalue weighted by Crippen LogP contribution is -2.16. The van der Waals surface area contributed by atoms with Crippen LogP contribution in [0, 0.1) is 0 Å². The molecule has 6 heteroatoms. The van der Waals surface area contributed by atoms with E-state index < -0.39 is 12.0 Å². The first-order valence-electron chi connectivity index (χ1n) is 5.58. The summed E-state index contributed by atoms with van der Waals surface area (Å²) in [7, 11) is 0. The van der Waals surface area contributed by atoms with Gasteiger partial charge in [0.2, 0.25) is 0 Å². The molecule has 0 fully saturated rings. The topological polar surface area (TPSA) is 81.8 Å². The Bertz CT molecular complexity index is 464. The minimum Gasteiger partial charge on any atom is -0.481 e. The number of ether oxygens (including phenoxy) is 2. The minimum atomic E-state index is -0.871. The van der Waals surface area contributed by atoms with Gasteiger partial charge in [0.05, 0.1) is 6.61 Å². The number of aliphatic carboxylic acids is 1. The van der Waals surface area contributed by atoms with Crippen molar-refractivity contribution < 1.29 is 19.4 Å². The van der Waals surface area contributed by atoms with E-state index in [1.54, 1.807) is 12.1 Å². The highest BCUT2D eigenvalue weighted by molar-refractivity contribution is 6.31. The van der Waals surface area contributed by atoms with Gasteiger partial charge >= 0.3 is 5.97 Å². The van der Waals surface area contributed by atoms with Crippen LogP contribution in [-0.2, 0) is 16.1 Å². The molecule has 0 saturated heterocycles. The first kappa shape index (κ1) is 13.1. The highest BCUT2D eigenvalue weighted by atomic mass is 35.5. The quantitative estimate of drug-likeness (QED) is 0.876. The summed E-state index contributed by atoms with van der Waals surface area (Å²) in [4.78, 5) is 10.5. The first-order valence-corrected chi connectivity index (χ1v) is 5.96. The Balaban J connectivity index is 2.19. The van der Waals surface area contributed by atoms with Crippen LogP contribution in [0.3, 0.4) is 0 Å². The van der Waals surface area contributed by atoms with E-state index in [9.17, 15) is 4.79 Å². The number of rotatable bonds is 4. The van der Waals surface area contributed by atoms with E-state index >= 15 is 0 Å². The number of hydrogen-bond acceptors (Lipinski definition) is 4. The van der Waals surface area contributed by atoms with Gasteiger partial charge in [0, 0.05) is 23.0 Å². The normalized spacial score (nSPS) is 15.7. The molecule has 1 heterocycles. The van der Waals surface area contributed by atoms with E-state index in [2.05, 4.69) is 0 Å². The van der Waals surface area contributed by atoms with Crippen molar-refractivity contribution in [3.05, 3.63) is 28.3 Å². The van der Waals surface area contributed by atoms with E-state index in [0.717, 1.165) is 5.56 Å². The predicted molar refractivity (Wildman–Crippen MR) is 65.5 cm³/mol. The number of carbonyl (C=O) groups is 1. The average molecular weight is 272 g/mol. The lowest BCUT2D eigenvalue weighted by Gasteiger charge is -2.21. The molecule has 1 aromatic rings. The summed E-state index contributed by atoms with van der Waals surface area (Å²) in [5, 5.41) is 9.16. The summed E-state index contributed by atoms with van der Waals surface area (Å²) in [5.41, 5.74) is 7.53. The number of halogens is 1. The van der Waals surface area contributed by atoms with Crippen LogP contribution in [0.1, 0.15) is 30.0 Å². The molecule has 98 valence electrons. The van der Waals surface area contributed by atoms with Crippen LogP contribution < -0.4 is 10.5 Å². The number of hydrogen-bond donors (Lipinski definition) is 2. The second-order valence-electron chi connectivity index (χ2n) is 4.13. The van der Waals surface area contributed by atoms with Gasteiger partial charge in [0.25, 0.3) is 0 Å². The predicted octanol–water partition coefficient (Wildman–Crippen LogP) is 2.07. The zero-order chi connectivity index (χ0) is 13.1. The van der Waals surface area contributed by atoms with Crippen LogP contribution in [0.25, 0.3) is 0 Å². The maximum atomic E-state index is 10.5. The molecule has 0 amide bonds. The fourth-order valence-electron chi connectivity index (χ4n) is 1.83. The third kappa shape index (κ3) is 2.93. The smallest absolute Gasteiger partial charge is 0.303 e. The molecule has 2 rings (SSSR count). The first-order chi connectivity index (χ1) is 8.58. The van der Waals surface area contributed by atoms with Gasteiger partial charge in [-0.3, -0.25) is 4.79 Å². The van der Waals surface area contributed by atoms with Crippen molar-refractivity contribution in [3.63, 3.8) is 0 Å². The van der Waals surface area contributed by atoms with Crippen molar-refractivity contribution in [2.24, 2.45) is 5.73 Å². The summed E-state index contributed by atoms with van der Waals surface area (Å²) in [6, 6.07) is 3.11. The zero-order valence-electron chi connectivity index (χ0n) is 9.69. The molecule has 0 spiro atoms. The average Bonchev–Trinajstić information content (AvgIpc) is 2.35. The largest absolute Gasteiger partial charge is 0.481 e. The minimum absolute atomic E-state index is 0.0124. The molecule has 1 unspecified atom stereocenters. The van der Waals surface area contributed by atoms with Crippen molar-refractivity contribution >= 4 is 17.6 Å². The number of fused-ring (bicyclic) bond motifs is 1. The summed E-state index contributed by atoms with van der Waals surface area (Å²) < 4.78 is 10.5. The molecule has 0 aromatic heterocycles. The second kappa shape index (κ2) is 5.56. The Morgan fingerprint density at radius 3 is 3.06 bits per heavy atom. The highest BCUT2D eigenvalue weighted by Crippen LogP contribution is 2.33. The van der Waals surface area contributed by atoms with Gasteiger partial charge in [-0.25, -0.2) is 0 Å². The molecule has 0 saturated carbocycles. The third-order valence-electron chi connectivity index (χ3n) is 2.80. The molecule has 3 N–H and O–H groups in total. The number of benzene rings is 1. The lowest BCUT2D eigenvalue weighted by molar-refractivity contribution is -0.137. The summed E-state index contributed by atoms with van der Waals surface area (Å²) in [6.45, 7) is 0.665. The Morgan fingerprint density at radius 2 is 2.33 bits per heavy atom. The monoisotopic (exact) mass is 271 g/mol. The van der Waals surface area contributed by atoms with Crippen LogP contribution in [0.4, 0.5) is 0 Å². The Kier molecular flexibility index (Phi) is 4.06. The highest BCUT2D eigenvalue weighted by Gasteiger charge is 2.18. The van der Waals surface area contributed by atoms with Gasteiger partial charge in [0.15, 0.2) is 6.79 Å². The van der Waals surface area contributed by atoms with Crippen LogP contribution in [0.5, 0.6) is 5.75 Å². The number of nitrogens with two attached hydrogens (primary N) is 1. The molecule has 5 nitrogen and oxygen atoms in total. The maximum absolute atomic E-state index is 10.5. The van der Waals surface area contributed by atoms with Crippen molar-refractivity contribution in [2.75, 3.05) is 6.79 Å². The van der Waals surface area contributed by atoms with Crippen molar-refractivity contribution in [3.8, 4) is 5.75 Å². The van der Waals surface area contributed by atoms with E-state index in [-0.39, 0.29) is 13.2 Å². The SMILES string of the molecule is NC(CCC(=O)O)c1cc2c(cc1Cl)COCO2. The van der Waals surface area contributed by atoms with Crippen molar-refractivity contribution in [1.29, 1.82) is 0 Å². The standard InChI is InChI=1S/C12H14ClNO4/c13-9-3-7-5-17-6-18-11(7)4-8(9)10(14)1-2-12(15)16/h3-4,10H,1-2,5-6,14H2,(H,15,16). The van der Waals surface area contributed by atoms with Gasteiger partial charge in [-0.2, -0.15) is 0 Å². The molecule has 0 radical (unpaired) electrons. The van der Waals surface area contributed by atoms with E-state index in [1.807, 2.05) is 0 Å². The fraction of sp³-hybridized carbons (Fsp3) is 0.417. The van der Waals surface area contributed by atoms with Gasteiger partial charge in [-0.1, -0.05) is 11.6 Å². The molecule has 0 aliphatic carbocycles. The summed E-state index contributed by atoms with van der Waals surface area (Å²) >= 11 is 6.13. The van der Waals surface area contributed by atoms with Crippen LogP contribution in [-0.4, -0.2) is 17.9 Å². The van der Waals surface area contributed by atoms with Gasteiger partial charge < -0.3 is 20.3 Å². The molecule has 0 bridgehead atoms. The van der Waals surface area contributed by atoms with E-state index in [4.69, 9.17) is 31.9 Å². The molecule has 1 atom stereocenters. The number of carboxylic acids is 1. The summed E-state index contributed by atoms with van der Waals surface area (Å²) in [6.07, 6.45) is 0.350. The molecule has 1 aliphatic heterocycles. The molecule has 1 aliphatic rings. The second-order valence-corrected chi connectivity index (χ2v) is 4.54. The Hall–Kier alpha value is -1.30. The Labute approximate surface area is 109 Å². The molecular formula is C12H14ClNO4. The third-order valence-corrected chi connectivity index (χ3v) is 3.13. The van der Waals surface area contributed by atoms with E-state index in [0.29, 0.717) is 29.4 Å². The van der Waals surface area contributed by atoms with Gasteiger partial charge in [-0.15, -0.1) is 0 Å². The Morgan fingerprint density at radius 1 is 1.56 bits per heavy atom. The van der Waals surface area contributed by atoms with Crippen molar-refractivity contribution in [1.82, 2.24) is 0 Å². The maximum Gasteiger partial charge on any atom is 0.303 e. The van der Waals surface area contributed by atoms with Gasteiger partial charge in [-0.05, 0) is 24.1 Å². The molecule has 18 heavy (non-hydrogen) atoms. The number of carboxylic acid groups (broad SMARTS) is 1. The van der Waals surface area contributed by atoms with Crippen molar-refractivity contribution in [2.45, 2.75) is 25.5 Å². The van der Waals surface area contributed by atoms with Crippen LogP contribution in [0.15, 0.2) is 12.1 Å². The van der Waals surface area contributed by atoms with Crippen LogP contribution in [0.2, 0.25) is 5.02 Å². The van der Waals surface area contributed by atoms with Crippen LogP contribution >= 0.6 is 11.6 Å². The lowest BCUT2D eigenvalue weighted by atomic mass is 10.0. The molecule has 1 aromatic carbocycles. The fourth-order valence-corrected chi connectivity index (χ4v) is 2.16. The van der Waals surface area contributed by atoms with Gasteiger partial charge in [0.1, 0.15) is 5.75 Å². The zero-order valence-corrected chi connectivity index (χ0v) is 10.4. The van der Waals surface area contributed by atoms with E-state index in [1.165, 1.54) is 0 Å².